The number of thiophene rings is 1. The van der Waals surface area contributed by atoms with E-state index in [0.717, 1.165) is 36.1 Å². The van der Waals surface area contributed by atoms with Crippen LogP contribution in [-0.2, 0) is 24.2 Å². The molecule has 2 unspecified atom stereocenters. The van der Waals surface area contributed by atoms with Crippen LogP contribution in [0.15, 0.2) is 42.1 Å². The Kier molecular flexibility index (Phi) is 7.93. The van der Waals surface area contributed by atoms with E-state index in [-0.39, 0.29) is 17.8 Å². The van der Waals surface area contributed by atoms with E-state index < -0.39 is 0 Å². The number of nitriles is 1. The predicted octanol–water partition coefficient (Wildman–Crippen LogP) is 5.70. The van der Waals surface area contributed by atoms with Gasteiger partial charge in [-0.3, -0.25) is 9.36 Å². The van der Waals surface area contributed by atoms with Crippen LogP contribution in [0.4, 0.5) is 5.00 Å². The van der Waals surface area contributed by atoms with E-state index in [4.69, 9.17) is 4.74 Å². The van der Waals surface area contributed by atoms with Gasteiger partial charge in [-0.25, -0.2) is 0 Å². The monoisotopic (exact) mass is 507 g/mol. The molecule has 9 heteroatoms. The molecule has 1 aliphatic rings. The Morgan fingerprint density at radius 3 is 3.06 bits per heavy atom. The standard InChI is InChI=1S/C26H29N5O2S2/c1-5-11-31-24(18(4)33-19-8-6-7-16(2)12-19)29-30-26(31)34-15-23(32)28-25-21(14-27)20-10-9-17(3)13-22(20)35-25/h5-8,12,17-18H,1,9-11,13,15H2,2-4H3,(H,28,32). The number of anilines is 1. The zero-order chi connectivity index (χ0) is 24.9. The number of nitrogens with one attached hydrogen (secondary N) is 1. The fourth-order valence-corrected chi connectivity index (χ4v) is 6.34. The van der Waals surface area contributed by atoms with E-state index >= 15 is 0 Å². The molecule has 1 aliphatic carbocycles. The highest BCUT2D eigenvalue weighted by molar-refractivity contribution is 7.99. The molecule has 3 aromatic rings. The Hall–Kier alpha value is -3.09. The third-order valence-corrected chi connectivity index (χ3v) is 8.07. The number of amides is 1. The summed E-state index contributed by atoms with van der Waals surface area (Å²) >= 11 is 2.84. The molecular weight excluding hydrogens is 478 g/mol. The first-order valence-corrected chi connectivity index (χ1v) is 13.4. The lowest BCUT2D eigenvalue weighted by Crippen LogP contribution is -2.15. The first-order chi connectivity index (χ1) is 16.9. The summed E-state index contributed by atoms with van der Waals surface area (Å²) in [5.74, 6) is 2.03. The number of carbonyl (C=O) groups excluding carboxylic acids is 1. The largest absolute Gasteiger partial charge is 0.483 e. The second kappa shape index (κ2) is 11.1. The zero-order valence-corrected chi connectivity index (χ0v) is 21.8. The molecule has 182 valence electrons. The molecular formula is C26H29N5O2S2. The van der Waals surface area contributed by atoms with E-state index in [1.807, 2.05) is 42.7 Å². The lowest BCUT2D eigenvalue weighted by molar-refractivity contribution is -0.113. The van der Waals surface area contributed by atoms with Gasteiger partial charge in [-0.15, -0.1) is 28.1 Å². The van der Waals surface area contributed by atoms with Crippen molar-refractivity contribution in [2.45, 2.75) is 57.8 Å². The number of ether oxygens (including phenoxy) is 1. The highest BCUT2D eigenvalue weighted by atomic mass is 32.2. The maximum absolute atomic E-state index is 12.8. The van der Waals surface area contributed by atoms with Crippen molar-refractivity contribution in [2.24, 2.45) is 5.92 Å². The highest BCUT2D eigenvalue weighted by Crippen LogP contribution is 2.39. The molecule has 1 N–H and O–H groups in total. The van der Waals surface area contributed by atoms with Gasteiger partial charge in [-0.2, -0.15) is 5.26 Å². The number of thioether (sulfide) groups is 1. The zero-order valence-electron chi connectivity index (χ0n) is 20.2. The Morgan fingerprint density at radius 2 is 2.31 bits per heavy atom. The van der Waals surface area contributed by atoms with Gasteiger partial charge in [0.25, 0.3) is 0 Å². The number of carbonyl (C=O) groups is 1. The van der Waals surface area contributed by atoms with Crippen LogP contribution in [0.3, 0.4) is 0 Å². The van der Waals surface area contributed by atoms with Crippen molar-refractivity contribution >= 4 is 34.0 Å². The Morgan fingerprint density at radius 1 is 1.49 bits per heavy atom. The lowest BCUT2D eigenvalue weighted by atomic mass is 9.89. The van der Waals surface area contributed by atoms with E-state index in [2.05, 4.69) is 35.1 Å². The molecule has 0 saturated carbocycles. The van der Waals surface area contributed by atoms with Gasteiger partial charge in [-0.1, -0.05) is 36.9 Å². The third kappa shape index (κ3) is 5.77. The fourth-order valence-electron chi connectivity index (χ4n) is 4.20. The van der Waals surface area contributed by atoms with Crippen LogP contribution in [0.2, 0.25) is 0 Å². The van der Waals surface area contributed by atoms with E-state index in [1.54, 1.807) is 6.08 Å². The summed E-state index contributed by atoms with van der Waals surface area (Å²) in [6.07, 6.45) is 4.39. The van der Waals surface area contributed by atoms with Crippen molar-refractivity contribution in [3.8, 4) is 11.8 Å². The number of hydrogen-bond acceptors (Lipinski definition) is 7. The van der Waals surface area contributed by atoms with Crippen LogP contribution in [0.5, 0.6) is 5.75 Å². The van der Waals surface area contributed by atoms with E-state index in [1.165, 1.54) is 28.0 Å². The summed E-state index contributed by atoms with van der Waals surface area (Å²) in [7, 11) is 0. The molecule has 2 atom stereocenters. The van der Waals surface area contributed by atoms with Gasteiger partial charge in [-0.05, 0) is 62.3 Å². The van der Waals surface area contributed by atoms with Gasteiger partial charge in [0.05, 0.1) is 11.3 Å². The quantitative estimate of drug-likeness (QED) is 0.295. The molecule has 1 amide bonds. The van der Waals surface area contributed by atoms with Crippen molar-refractivity contribution in [1.29, 1.82) is 5.26 Å². The second-order valence-electron chi connectivity index (χ2n) is 8.82. The number of nitrogens with zero attached hydrogens (tertiary/aromatic N) is 4. The smallest absolute Gasteiger partial charge is 0.235 e. The topological polar surface area (TPSA) is 92.8 Å². The number of hydrogen-bond donors (Lipinski definition) is 1. The number of aromatic nitrogens is 3. The van der Waals surface area contributed by atoms with Crippen molar-refractivity contribution < 1.29 is 9.53 Å². The molecule has 0 aliphatic heterocycles. The van der Waals surface area contributed by atoms with Gasteiger partial charge in [0, 0.05) is 11.4 Å². The van der Waals surface area contributed by atoms with Crippen molar-refractivity contribution in [1.82, 2.24) is 14.8 Å². The molecule has 0 bridgehead atoms. The molecule has 4 rings (SSSR count). The Labute approximate surface area is 214 Å². The van der Waals surface area contributed by atoms with Crippen LogP contribution in [0.25, 0.3) is 0 Å². The number of benzene rings is 1. The first-order valence-electron chi connectivity index (χ1n) is 11.6. The summed E-state index contributed by atoms with van der Waals surface area (Å²) < 4.78 is 8.00. The fraction of sp³-hybridized carbons (Fsp3) is 0.385. The van der Waals surface area contributed by atoms with Crippen LogP contribution >= 0.6 is 23.1 Å². The normalized spacial score (nSPS) is 15.7. The molecule has 2 heterocycles. The lowest BCUT2D eigenvalue weighted by Gasteiger charge is -2.17. The van der Waals surface area contributed by atoms with Gasteiger partial charge in [0.2, 0.25) is 5.91 Å². The van der Waals surface area contributed by atoms with Gasteiger partial charge < -0.3 is 10.1 Å². The van der Waals surface area contributed by atoms with Gasteiger partial charge >= 0.3 is 0 Å². The summed E-state index contributed by atoms with van der Waals surface area (Å²) in [6.45, 7) is 10.5. The Balaban J connectivity index is 1.43. The molecule has 0 spiro atoms. The van der Waals surface area contributed by atoms with E-state index in [9.17, 15) is 10.1 Å². The SMILES string of the molecule is C=CCn1c(SCC(=O)Nc2sc3c(c2C#N)CCC(C)C3)nnc1C(C)Oc1cccc(C)c1. The number of rotatable bonds is 9. The molecule has 1 aromatic carbocycles. The summed E-state index contributed by atoms with van der Waals surface area (Å²) in [6, 6.07) is 10.2. The van der Waals surface area contributed by atoms with Crippen LogP contribution in [0.1, 0.15) is 53.8 Å². The Bertz CT molecular complexity index is 1270. The van der Waals surface area contributed by atoms with Crippen LogP contribution in [0, 0.1) is 24.2 Å². The maximum Gasteiger partial charge on any atom is 0.235 e. The minimum atomic E-state index is -0.328. The van der Waals surface area contributed by atoms with Gasteiger partial charge in [0.15, 0.2) is 17.1 Å². The number of allylic oxidation sites excluding steroid dienone is 1. The summed E-state index contributed by atoms with van der Waals surface area (Å²) in [4.78, 5) is 14.0. The average molecular weight is 508 g/mol. The molecule has 2 aromatic heterocycles. The molecule has 0 fully saturated rings. The van der Waals surface area contributed by atoms with Crippen molar-refractivity contribution in [3.63, 3.8) is 0 Å². The minimum absolute atomic E-state index is 0.159. The van der Waals surface area contributed by atoms with Crippen LogP contribution in [-0.4, -0.2) is 26.4 Å². The van der Waals surface area contributed by atoms with Crippen molar-refractivity contribution in [3.05, 3.63) is 64.3 Å². The summed E-state index contributed by atoms with van der Waals surface area (Å²) in [5.41, 5.74) is 2.84. The number of fused-ring (bicyclic) bond motifs is 1. The second-order valence-corrected chi connectivity index (χ2v) is 10.9. The van der Waals surface area contributed by atoms with Gasteiger partial charge in [0.1, 0.15) is 16.8 Å². The molecule has 35 heavy (non-hydrogen) atoms. The summed E-state index contributed by atoms with van der Waals surface area (Å²) in [5, 5.41) is 22.6. The molecule has 0 radical (unpaired) electrons. The maximum atomic E-state index is 12.8. The van der Waals surface area contributed by atoms with Crippen molar-refractivity contribution in [2.75, 3.05) is 11.1 Å². The predicted molar refractivity (Wildman–Crippen MR) is 140 cm³/mol. The van der Waals surface area contributed by atoms with Crippen LogP contribution < -0.4 is 10.1 Å². The minimum Gasteiger partial charge on any atom is -0.483 e. The van der Waals surface area contributed by atoms with E-state index in [0.29, 0.717) is 34.0 Å². The average Bonchev–Trinajstić information content (AvgIpc) is 3.37. The molecule has 0 saturated heterocycles. The molecule has 7 nitrogen and oxygen atoms in total. The third-order valence-electron chi connectivity index (χ3n) is 5.93. The first kappa shape index (κ1) is 25.0. The number of aryl methyl sites for hydroxylation is 1. The highest BCUT2D eigenvalue weighted by Gasteiger charge is 2.25.